The molecule has 5 nitrogen and oxygen atoms in total. The molecule has 1 saturated carbocycles. The maximum Gasteiger partial charge on any atom is 0.266 e. The summed E-state index contributed by atoms with van der Waals surface area (Å²) in [5.41, 5.74) is 3.93. The molecular formula is C16H19N3O2S. The number of hydrogen-bond acceptors (Lipinski definition) is 4. The zero-order valence-corrected chi connectivity index (χ0v) is 13.4. The molecule has 1 aliphatic heterocycles. The van der Waals surface area contributed by atoms with E-state index in [1.165, 1.54) is 11.3 Å². The Labute approximate surface area is 133 Å². The Morgan fingerprint density at radius 1 is 1.45 bits per heavy atom. The number of aryl methyl sites for hydroxylation is 1. The maximum absolute atomic E-state index is 13.1. The number of carbonyl (C=O) groups is 1. The van der Waals surface area contributed by atoms with Gasteiger partial charge in [-0.05, 0) is 25.0 Å². The molecular weight excluding hydrogens is 298 g/mol. The summed E-state index contributed by atoms with van der Waals surface area (Å²) >= 11 is 1.47. The van der Waals surface area contributed by atoms with Crippen LogP contribution < -0.4 is 0 Å². The molecule has 1 amide bonds. The van der Waals surface area contributed by atoms with Crippen LogP contribution in [0.1, 0.15) is 45.9 Å². The van der Waals surface area contributed by atoms with Crippen LogP contribution in [-0.2, 0) is 11.8 Å². The molecule has 0 N–H and O–H groups in total. The minimum absolute atomic E-state index is 0.0181. The first-order chi connectivity index (χ1) is 10.8. The predicted molar refractivity (Wildman–Crippen MR) is 84.1 cm³/mol. The number of nitrogens with zero attached hydrogens (tertiary/aromatic N) is 3. The molecule has 0 radical (unpaired) electrons. The number of morpholine rings is 1. The third-order valence-corrected chi connectivity index (χ3v) is 5.30. The van der Waals surface area contributed by atoms with Gasteiger partial charge in [-0.1, -0.05) is 0 Å². The normalized spacial score (nSPS) is 22.0. The van der Waals surface area contributed by atoms with Crippen LogP contribution in [-0.4, -0.2) is 40.1 Å². The largest absolute Gasteiger partial charge is 0.377 e. The standard InChI is InChI=1S/C16H19N3O2S/c1-18-6-2-3-12(18)13-9-21-8-7-19(13)16(20)15-14(11-4-5-11)17-10-22-15/h2-3,6,10-11,13H,4-5,7-9H2,1H3/t13-/m1/s1. The van der Waals surface area contributed by atoms with Gasteiger partial charge in [-0.15, -0.1) is 11.3 Å². The number of thiazole rings is 1. The molecule has 0 spiro atoms. The smallest absolute Gasteiger partial charge is 0.266 e. The Hall–Kier alpha value is -1.66. The van der Waals surface area contributed by atoms with Crippen molar-refractivity contribution < 1.29 is 9.53 Å². The van der Waals surface area contributed by atoms with Crippen molar-refractivity contribution >= 4 is 17.2 Å². The summed E-state index contributed by atoms with van der Waals surface area (Å²) in [6.45, 7) is 1.79. The van der Waals surface area contributed by atoms with Crippen molar-refractivity contribution in [2.45, 2.75) is 24.8 Å². The van der Waals surface area contributed by atoms with Crippen molar-refractivity contribution in [3.8, 4) is 0 Å². The van der Waals surface area contributed by atoms with E-state index in [1.54, 1.807) is 5.51 Å². The second-order valence-corrected chi connectivity index (χ2v) is 6.83. The Morgan fingerprint density at radius 3 is 3.05 bits per heavy atom. The van der Waals surface area contributed by atoms with Gasteiger partial charge in [0, 0.05) is 31.4 Å². The van der Waals surface area contributed by atoms with E-state index >= 15 is 0 Å². The summed E-state index contributed by atoms with van der Waals surface area (Å²) in [4.78, 5) is 20.3. The van der Waals surface area contributed by atoms with Gasteiger partial charge in [0.25, 0.3) is 5.91 Å². The first-order valence-electron chi connectivity index (χ1n) is 7.69. The average molecular weight is 317 g/mol. The lowest BCUT2D eigenvalue weighted by atomic mass is 10.1. The van der Waals surface area contributed by atoms with Gasteiger partial charge in [0.05, 0.1) is 30.5 Å². The summed E-state index contributed by atoms with van der Waals surface area (Å²) < 4.78 is 7.69. The summed E-state index contributed by atoms with van der Waals surface area (Å²) in [6, 6.07) is 4.05. The molecule has 0 unspecified atom stereocenters. The minimum atomic E-state index is -0.0181. The summed E-state index contributed by atoms with van der Waals surface area (Å²) in [5.74, 6) is 0.610. The molecule has 2 aliphatic rings. The molecule has 1 atom stereocenters. The highest BCUT2D eigenvalue weighted by molar-refractivity contribution is 7.11. The zero-order chi connectivity index (χ0) is 15.1. The third-order valence-electron chi connectivity index (χ3n) is 4.47. The molecule has 2 aromatic rings. The Balaban J connectivity index is 1.65. The van der Waals surface area contributed by atoms with Gasteiger partial charge < -0.3 is 14.2 Å². The lowest BCUT2D eigenvalue weighted by Crippen LogP contribution is -2.44. The number of aromatic nitrogens is 2. The maximum atomic E-state index is 13.1. The molecule has 6 heteroatoms. The molecule has 0 bridgehead atoms. The predicted octanol–water partition coefficient (Wildman–Crippen LogP) is 2.57. The van der Waals surface area contributed by atoms with E-state index in [2.05, 4.69) is 15.6 Å². The second-order valence-electron chi connectivity index (χ2n) is 5.97. The van der Waals surface area contributed by atoms with Crippen LogP contribution in [0.5, 0.6) is 0 Å². The first kappa shape index (κ1) is 14.0. The Kier molecular flexibility index (Phi) is 3.50. The van der Waals surface area contributed by atoms with Gasteiger partial charge in [-0.2, -0.15) is 0 Å². The fourth-order valence-corrected chi connectivity index (χ4v) is 3.93. The van der Waals surface area contributed by atoms with Gasteiger partial charge in [0.1, 0.15) is 4.88 Å². The Morgan fingerprint density at radius 2 is 2.32 bits per heavy atom. The molecule has 3 heterocycles. The van der Waals surface area contributed by atoms with E-state index in [0.29, 0.717) is 25.7 Å². The SMILES string of the molecule is Cn1cccc1[C@H]1COCCN1C(=O)c1scnc1C1CC1. The summed E-state index contributed by atoms with van der Waals surface area (Å²) in [7, 11) is 2.01. The first-order valence-corrected chi connectivity index (χ1v) is 8.57. The molecule has 22 heavy (non-hydrogen) atoms. The van der Waals surface area contributed by atoms with Crippen LogP contribution in [0, 0.1) is 0 Å². The van der Waals surface area contributed by atoms with Crippen LogP contribution in [0.15, 0.2) is 23.8 Å². The monoisotopic (exact) mass is 317 g/mol. The van der Waals surface area contributed by atoms with Gasteiger partial charge in [-0.3, -0.25) is 4.79 Å². The number of carbonyl (C=O) groups excluding carboxylic acids is 1. The van der Waals surface area contributed by atoms with Crippen LogP contribution >= 0.6 is 11.3 Å². The molecule has 4 rings (SSSR count). The molecule has 116 valence electrons. The highest BCUT2D eigenvalue weighted by atomic mass is 32.1. The summed E-state index contributed by atoms with van der Waals surface area (Å²) in [5, 5.41) is 0. The van der Waals surface area contributed by atoms with Gasteiger partial charge >= 0.3 is 0 Å². The third kappa shape index (κ3) is 2.36. The average Bonchev–Trinajstić information content (AvgIpc) is 3.11. The lowest BCUT2D eigenvalue weighted by Gasteiger charge is -2.35. The molecule has 2 aromatic heterocycles. The molecule has 1 saturated heterocycles. The zero-order valence-electron chi connectivity index (χ0n) is 12.6. The van der Waals surface area contributed by atoms with Crippen molar-refractivity contribution in [2.75, 3.05) is 19.8 Å². The van der Waals surface area contributed by atoms with Gasteiger partial charge in [-0.25, -0.2) is 4.98 Å². The van der Waals surface area contributed by atoms with Crippen LogP contribution in [0.3, 0.4) is 0 Å². The van der Waals surface area contributed by atoms with E-state index in [1.807, 2.05) is 24.2 Å². The fourth-order valence-electron chi connectivity index (χ4n) is 3.11. The van der Waals surface area contributed by atoms with E-state index in [9.17, 15) is 4.79 Å². The highest BCUT2D eigenvalue weighted by Crippen LogP contribution is 2.42. The van der Waals surface area contributed by atoms with Crippen molar-refractivity contribution in [1.82, 2.24) is 14.5 Å². The topological polar surface area (TPSA) is 47.4 Å². The second kappa shape index (κ2) is 5.52. The number of rotatable bonds is 3. The van der Waals surface area contributed by atoms with Crippen molar-refractivity contribution in [3.63, 3.8) is 0 Å². The number of hydrogen-bond donors (Lipinski definition) is 0. The summed E-state index contributed by atoms with van der Waals surface area (Å²) in [6.07, 6.45) is 4.33. The van der Waals surface area contributed by atoms with E-state index in [0.717, 1.165) is 29.1 Å². The van der Waals surface area contributed by atoms with Crippen molar-refractivity contribution in [2.24, 2.45) is 7.05 Å². The van der Waals surface area contributed by atoms with Crippen molar-refractivity contribution in [1.29, 1.82) is 0 Å². The van der Waals surface area contributed by atoms with E-state index in [4.69, 9.17) is 4.74 Å². The van der Waals surface area contributed by atoms with E-state index in [-0.39, 0.29) is 11.9 Å². The number of amides is 1. The minimum Gasteiger partial charge on any atom is -0.377 e. The fraction of sp³-hybridized carbons (Fsp3) is 0.500. The van der Waals surface area contributed by atoms with Gasteiger partial charge in [0.2, 0.25) is 0 Å². The molecule has 2 fully saturated rings. The van der Waals surface area contributed by atoms with Gasteiger partial charge in [0.15, 0.2) is 0 Å². The van der Waals surface area contributed by atoms with Crippen molar-refractivity contribution in [3.05, 3.63) is 40.1 Å². The van der Waals surface area contributed by atoms with Crippen LogP contribution in [0.25, 0.3) is 0 Å². The molecule has 0 aromatic carbocycles. The van der Waals surface area contributed by atoms with Crippen LogP contribution in [0.2, 0.25) is 0 Å². The molecule has 1 aliphatic carbocycles. The van der Waals surface area contributed by atoms with E-state index < -0.39 is 0 Å². The highest BCUT2D eigenvalue weighted by Gasteiger charge is 2.36. The Bertz CT molecular complexity index is 689. The quantitative estimate of drug-likeness (QED) is 0.874. The van der Waals surface area contributed by atoms with Crippen LogP contribution in [0.4, 0.5) is 0 Å². The lowest BCUT2D eigenvalue weighted by molar-refractivity contribution is -0.00444. The number of ether oxygens (including phenoxy) is 1.